The van der Waals surface area contributed by atoms with Crippen LogP contribution in [0.5, 0.6) is 0 Å². The highest BCUT2D eigenvalue weighted by Crippen LogP contribution is 2.46. The summed E-state index contributed by atoms with van der Waals surface area (Å²) in [6, 6.07) is 0. The Hall–Kier alpha value is -1.08. The molecule has 3 N–H and O–H groups in total. The Balaban J connectivity index is 2.11. The van der Waals surface area contributed by atoms with Crippen molar-refractivity contribution in [3.63, 3.8) is 0 Å². The molecule has 1 fully saturated rings. The number of nitrogens with one attached hydrogen (secondary N) is 1. The standard InChI is InChI=1S/C10H14N4OS2/c1-5-3-10(4-5,7(11)16)8(15)13-9-12-6(2)14-17-9/h5H,3-4H2,1-2H3,(H2,11,16)(H,12,13,14,15). The van der Waals surface area contributed by atoms with Crippen LogP contribution in [0.4, 0.5) is 5.13 Å². The van der Waals surface area contributed by atoms with Crippen molar-refractivity contribution in [2.24, 2.45) is 17.1 Å². The van der Waals surface area contributed by atoms with Gasteiger partial charge in [0.1, 0.15) is 5.82 Å². The van der Waals surface area contributed by atoms with Crippen LogP contribution in [0.25, 0.3) is 0 Å². The first kappa shape index (κ1) is 12.4. The van der Waals surface area contributed by atoms with E-state index < -0.39 is 5.41 Å². The Morgan fingerprint density at radius 3 is 2.71 bits per heavy atom. The van der Waals surface area contributed by atoms with Gasteiger partial charge in [-0.1, -0.05) is 19.1 Å². The quantitative estimate of drug-likeness (QED) is 0.813. The van der Waals surface area contributed by atoms with E-state index in [1.54, 1.807) is 6.92 Å². The predicted octanol–water partition coefficient (Wildman–Crippen LogP) is 1.49. The number of aryl methyl sites for hydroxylation is 1. The van der Waals surface area contributed by atoms with Crippen LogP contribution >= 0.6 is 23.8 Å². The Labute approximate surface area is 109 Å². The van der Waals surface area contributed by atoms with Crippen molar-refractivity contribution in [3.05, 3.63) is 5.82 Å². The van der Waals surface area contributed by atoms with Crippen LogP contribution < -0.4 is 11.1 Å². The van der Waals surface area contributed by atoms with Gasteiger partial charge in [0, 0.05) is 11.5 Å². The Kier molecular flexibility index (Phi) is 3.13. The minimum absolute atomic E-state index is 0.153. The molecule has 7 heteroatoms. The van der Waals surface area contributed by atoms with Crippen molar-refractivity contribution in [3.8, 4) is 0 Å². The number of rotatable bonds is 3. The molecule has 1 heterocycles. The topological polar surface area (TPSA) is 80.9 Å². The van der Waals surface area contributed by atoms with Crippen molar-refractivity contribution in [1.82, 2.24) is 9.36 Å². The summed E-state index contributed by atoms with van der Waals surface area (Å²) in [5, 5.41) is 3.25. The summed E-state index contributed by atoms with van der Waals surface area (Å²) in [5.41, 5.74) is 5.01. The van der Waals surface area contributed by atoms with Crippen molar-refractivity contribution in [2.75, 3.05) is 5.32 Å². The number of hydrogen-bond acceptors (Lipinski definition) is 5. The summed E-state index contributed by atoms with van der Waals surface area (Å²) in [7, 11) is 0. The molecule has 1 aromatic heterocycles. The molecule has 0 radical (unpaired) electrons. The zero-order chi connectivity index (χ0) is 12.6. The number of nitrogens with zero attached hydrogens (tertiary/aromatic N) is 2. The van der Waals surface area contributed by atoms with Gasteiger partial charge in [-0.15, -0.1) is 0 Å². The second-order valence-corrected chi connectivity index (χ2v) is 5.75. The van der Waals surface area contributed by atoms with Crippen LogP contribution in [0, 0.1) is 18.3 Å². The SMILES string of the molecule is Cc1nsc(NC(=O)C2(C(N)=S)CC(C)C2)n1. The fourth-order valence-corrected chi connectivity index (χ4v) is 3.02. The summed E-state index contributed by atoms with van der Waals surface area (Å²) in [6.07, 6.45) is 1.43. The maximum Gasteiger partial charge on any atom is 0.239 e. The molecule has 0 aliphatic heterocycles. The van der Waals surface area contributed by atoms with Gasteiger partial charge in [0.25, 0.3) is 0 Å². The van der Waals surface area contributed by atoms with Gasteiger partial charge in [-0.05, 0) is 25.7 Å². The summed E-state index contributed by atoms with van der Waals surface area (Å²) in [6.45, 7) is 3.86. The molecule has 1 amide bonds. The predicted molar refractivity (Wildman–Crippen MR) is 70.9 cm³/mol. The number of anilines is 1. The lowest BCUT2D eigenvalue weighted by molar-refractivity contribution is -0.127. The summed E-state index contributed by atoms with van der Waals surface area (Å²) in [5.74, 6) is 0.981. The van der Waals surface area contributed by atoms with Crippen LogP contribution in [0.15, 0.2) is 0 Å². The van der Waals surface area contributed by atoms with Gasteiger partial charge >= 0.3 is 0 Å². The monoisotopic (exact) mass is 270 g/mol. The first-order chi connectivity index (χ1) is 7.94. The van der Waals surface area contributed by atoms with Crippen LogP contribution in [-0.2, 0) is 4.79 Å². The van der Waals surface area contributed by atoms with Gasteiger partial charge in [-0.3, -0.25) is 10.1 Å². The molecule has 0 unspecified atom stereocenters. The maximum atomic E-state index is 12.2. The summed E-state index contributed by atoms with van der Waals surface area (Å²) >= 11 is 6.18. The molecule has 0 atom stereocenters. The van der Waals surface area contributed by atoms with Crippen LogP contribution in [0.3, 0.4) is 0 Å². The van der Waals surface area contributed by atoms with Crippen molar-refractivity contribution in [1.29, 1.82) is 0 Å². The fourth-order valence-electron chi connectivity index (χ4n) is 2.19. The number of thiocarbonyl (C=S) groups is 1. The number of carbonyl (C=O) groups excluding carboxylic acids is 1. The van der Waals surface area contributed by atoms with Gasteiger partial charge in [0.05, 0.1) is 10.4 Å². The molecule has 0 spiro atoms. The van der Waals surface area contributed by atoms with E-state index in [1.807, 2.05) is 0 Å². The molecule has 0 bridgehead atoms. The molecule has 5 nitrogen and oxygen atoms in total. The molecule has 17 heavy (non-hydrogen) atoms. The molecule has 1 saturated carbocycles. The molecular formula is C10H14N4OS2. The Bertz CT molecular complexity index is 465. The molecule has 1 aliphatic rings. The highest BCUT2D eigenvalue weighted by molar-refractivity contribution is 7.80. The van der Waals surface area contributed by atoms with E-state index in [0.717, 1.165) is 11.5 Å². The van der Waals surface area contributed by atoms with Crippen molar-refractivity contribution < 1.29 is 4.79 Å². The Morgan fingerprint density at radius 1 is 1.65 bits per heavy atom. The zero-order valence-corrected chi connectivity index (χ0v) is 11.3. The third-order valence-corrected chi connectivity index (χ3v) is 4.16. The van der Waals surface area contributed by atoms with E-state index in [9.17, 15) is 4.79 Å². The maximum absolute atomic E-state index is 12.2. The van der Waals surface area contributed by atoms with Crippen LogP contribution in [0.2, 0.25) is 0 Å². The van der Waals surface area contributed by atoms with E-state index in [0.29, 0.717) is 29.7 Å². The van der Waals surface area contributed by atoms with Gasteiger partial charge in [0.2, 0.25) is 11.0 Å². The number of carbonyl (C=O) groups is 1. The average Bonchev–Trinajstić information content (AvgIpc) is 2.58. The molecule has 92 valence electrons. The number of amides is 1. The zero-order valence-electron chi connectivity index (χ0n) is 9.69. The van der Waals surface area contributed by atoms with Crippen LogP contribution in [0.1, 0.15) is 25.6 Å². The van der Waals surface area contributed by atoms with Crippen molar-refractivity contribution >= 4 is 39.8 Å². The van der Waals surface area contributed by atoms with Crippen LogP contribution in [-0.4, -0.2) is 20.3 Å². The minimum atomic E-state index is -0.686. The Morgan fingerprint density at radius 2 is 2.29 bits per heavy atom. The largest absolute Gasteiger partial charge is 0.392 e. The summed E-state index contributed by atoms with van der Waals surface area (Å²) < 4.78 is 4.01. The second kappa shape index (κ2) is 4.30. The van der Waals surface area contributed by atoms with Gasteiger partial charge in [-0.2, -0.15) is 4.37 Å². The van der Waals surface area contributed by atoms with Gasteiger partial charge < -0.3 is 5.73 Å². The molecule has 0 saturated heterocycles. The van der Waals surface area contributed by atoms with Gasteiger partial charge in [-0.25, -0.2) is 4.98 Å². The fraction of sp³-hybridized carbons (Fsp3) is 0.600. The summed E-state index contributed by atoms with van der Waals surface area (Å²) in [4.78, 5) is 16.5. The van der Waals surface area contributed by atoms with E-state index >= 15 is 0 Å². The number of nitrogens with two attached hydrogens (primary N) is 1. The number of aromatic nitrogens is 2. The third-order valence-electron chi connectivity index (χ3n) is 3.05. The lowest BCUT2D eigenvalue weighted by Crippen LogP contribution is -2.53. The van der Waals surface area contributed by atoms with E-state index in [2.05, 4.69) is 21.6 Å². The lowest BCUT2D eigenvalue weighted by Gasteiger charge is -2.43. The van der Waals surface area contributed by atoms with Crippen molar-refractivity contribution in [2.45, 2.75) is 26.7 Å². The van der Waals surface area contributed by atoms with Gasteiger partial charge in [0.15, 0.2) is 0 Å². The first-order valence-corrected chi connectivity index (χ1v) is 6.54. The molecule has 1 aromatic rings. The normalized spacial score (nSPS) is 27.3. The third kappa shape index (κ3) is 2.16. The highest BCUT2D eigenvalue weighted by atomic mass is 32.1. The average molecular weight is 270 g/mol. The second-order valence-electron chi connectivity index (χ2n) is 4.56. The van der Waals surface area contributed by atoms with E-state index in [-0.39, 0.29) is 10.9 Å². The smallest absolute Gasteiger partial charge is 0.239 e. The molecular weight excluding hydrogens is 256 g/mol. The molecule has 1 aliphatic carbocycles. The number of hydrogen-bond donors (Lipinski definition) is 2. The van der Waals surface area contributed by atoms with E-state index in [4.69, 9.17) is 18.0 Å². The highest BCUT2D eigenvalue weighted by Gasteiger charge is 2.51. The lowest BCUT2D eigenvalue weighted by atomic mass is 9.62. The molecule has 0 aromatic carbocycles. The molecule has 2 rings (SSSR count). The minimum Gasteiger partial charge on any atom is -0.392 e. The first-order valence-electron chi connectivity index (χ1n) is 5.36. The van der Waals surface area contributed by atoms with E-state index in [1.165, 1.54) is 0 Å².